The second kappa shape index (κ2) is 4.95. The third-order valence-corrected chi connectivity index (χ3v) is 4.09. The molecule has 0 amide bonds. The van der Waals surface area contributed by atoms with Crippen LogP contribution in [0.3, 0.4) is 0 Å². The molecule has 0 aliphatic rings. The Balaban J connectivity index is 3.03. The Kier molecular flexibility index (Phi) is 4.07. The molecule has 0 aromatic heterocycles. The summed E-state index contributed by atoms with van der Waals surface area (Å²) in [6.45, 7) is 5.85. The average Bonchev–Trinajstić information content (AvgIpc) is 2.21. The molecule has 16 heavy (non-hydrogen) atoms. The fraction of sp³-hybridized carbons (Fsp3) is 0.455. The molecule has 90 valence electrons. The van der Waals surface area contributed by atoms with E-state index in [9.17, 15) is 8.42 Å². The predicted molar refractivity (Wildman–Crippen MR) is 64.8 cm³/mol. The molecule has 0 radical (unpaired) electrons. The topological polar surface area (TPSA) is 72.2 Å². The third kappa shape index (κ3) is 3.04. The van der Waals surface area contributed by atoms with Gasteiger partial charge in [0.15, 0.2) is 0 Å². The predicted octanol–water partition coefficient (Wildman–Crippen LogP) is 0.929. The molecule has 1 atom stereocenters. The van der Waals surface area contributed by atoms with E-state index in [4.69, 9.17) is 5.73 Å². The van der Waals surface area contributed by atoms with E-state index in [-0.39, 0.29) is 17.5 Å². The summed E-state index contributed by atoms with van der Waals surface area (Å²) in [5, 5.41) is 0. The smallest absolute Gasteiger partial charge is 0.240 e. The van der Waals surface area contributed by atoms with E-state index in [1.807, 2.05) is 13.8 Å². The van der Waals surface area contributed by atoms with Crippen LogP contribution in [0.4, 0.5) is 0 Å². The van der Waals surface area contributed by atoms with Crippen LogP contribution in [0.15, 0.2) is 23.1 Å². The highest BCUT2D eigenvalue weighted by atomic mass is 32.2. The molecule has 0 aliphatic carbocycles. The maximum atomic E-state index is 11.9. The summed E-state index contributed by atoms with van der Waals surface area (Å²) in [5.41, 5.74) is 7.42. The lowest BCUT2D eigenvalue weighted by Gasteiger charge is -2.12. The van der Waals surface area contributed by atoms with E-state index in [2.05, 4.69) is 4.72 Å². The first-order valence-corrected chi connectivity index (χ1v) is 6.65. The molecule has 0 spiro atoms. The first-order chi connectivity index (χ1) is 7.36. The Morgan fingerprint density at radius 2 is 1.94 bits per heavy atom. The van der Waals surface area contributed by atoms with Gasteiger partial charge in [-0.3, -0.25) is 0 Å². The monoisotopic (exact) mass is 242 g/mol. The number of rotatable bonds is 4. The van der Waals surface area contributed by atoms with Gasteiger partial charge in [0.05, 0.1) is 4.90 Å². The fourth-order valence-corrected chi connectivity index (χ4v) is 2.60. The zero-order valence-corrected chi connectivity index (χ0v) is 10.6. The van der Waals surface area contributed by atoms with E-state index in [1.54, 1.807) is 25.1 Å². The number of hydrogen-bond acceptors (Lipinski definition) is 3. The molecule has 0 bridgehead atoms. The van der Waals surface area contributed by atoms with Crippen LogP contribution < -0.4 is 10.5 Å². The standard InChI is InChI=1S/C11H18N2O2S/c1-8-4-5-11(6-9(8)2)16(14,15)13-10(3)7-12/h4-6,10,13H,7,12H2,1-3H3/t10-/m1/s1. The lowest BCUT2D eigenvalue weighted by Crippen LogP contribution is -2.37. The maximum Gasteiger partial charge on any atom is 0.240 e. The second-order valence-corrected chi connectivity index (χ2v) is 5.72. The minimum Gasteiger partial charge on any atom is -0.329 e. The van der Waals surface area contributed by atoms with Crippen molar-refractivity contribution in [3.05, 3.63) is 29.3 Å². The molecule has 3 N–H and O–H groups in total. The van der Waals surface area contributed by atoms with Crippen LogP contribution in [0.2, 0.25) is 0 Å². The number of benzene rings is 1. The van der Waals surface area contributed by atoms with Crippen LogP contribution in [-0.4, -0.2) is 21.0 Å². The zero-order chi connectivity index (χ0) is 12.3. The molecule has 4 nitrogen and oxygen atoms in total. The molecular weight excluding hydrogens is 224 g/mol. The zero-order valence-electron chi connectivity index (χ0n) is 9.82. The molecular formula is C11H18N2O2S. The third-order valence-electron chi connectivity index (χ3n) is 2.50. The van der Waals surface area contributed by atoms with Crippen molar-refractivity contribution in [2.24, 2.45) is 5.73 Å². The van der Waals surface area contributed by atoms with Crippen LogP contribution in [0.25, 0.3) is 0 Å². The number of hydrogen-bond donors (Lipinski definition) is 2. The van der Waals surface area contributed by atoms with Gasteiger partial charge in [0, 0.05) is 12.6 Å². The first-order valence-electron chi connectivity index (χ1n) is 5.16. The van der Waals surface area contributed by atoms with Crippen molar-refractivity contribution >= 4 is 10.0 Å². The minimum absolute atomic E-state index is 0.258. The Hall–Kier alpha value is -0.910. The van der Waals surface area contributed by atoms with Crippen LogP contribution in [0.5, 0.6) is 0 Å². The van der Waals surface area contributed by atoms with Gasteiger partial charge in [0.1, 0.15) is 0 Å². The van der Waals surface area contributed by atoms with E-state index in [0.717, 1.165) is 11.1 Å². The minimum atomic E-state index is -3.44. The van der Waals surface area contributed by atoms with E-state index in [0.29, 0.717) is 0 Å². The van der Waals surface area contributed by atoms with Gasteiger partial charge in [-0.25, -0.2) is 13.1 Å². The highest BCUT2D eigenvalue weighted by Crippen LogP contribution is 2.14. The number of nitrogens with one attached hydrogen (secondary N) is 1. The van der Waals surface area contributed by atoms with Crippen molar-refractivity contribution in [1.82, 2.24) is 4.72 Å². The van der Waals surface area contributed by atoms with Crippen molar-refractivity contribution < 1.29 is 8.42 Å². The Morgan fingerprint density at radius 1 is 1.31 bits per heavy atom. The summed E-state index contributed by atoms with van der Waals surface area (Å²) in [6.07, 6.45) is 0. The molecule has 1 aromatic carbocycles. The van der Waals surface area contributed by atoms with Gasteiger partial charge in [-0.1, -0.05) is 6.07 Å². The Labute approximate surface area is 96.9 Å². The summed E-state index contributed by atoms with van der Waals surface area (Å²) in [4.78, 5) is 0.288. The average molecular weight is 242 g/mol. The lowest BCUT2D eigenvalue weighted by atomic mass is 10.1. The van der Waals surface area contributed by atoms with E-state index >= 15 is 0 Å². The molecule has 0 heterocycles. The van der Waals surface area contributed by atoms with E-state index < -0.39 is 10.0 Å². The normalized spacial score (nSPS) is 13.8. The second-order valence-electron chi connectivity index (χ2n) is 4.00. The number of sulfonamides is 1. The SMILES string of the molecule is Cc1ccc(S(=O)(=O)N[C@H](C)CN)cc1C. The molecule has 0 saturated heterocycles. The van der Waals surface area contributed by atoms with Crippen molar-refractivity contribution in [1.29, 1.82) is 0 Å². The summed E-state index contributed by atoms with van der Waals surface area (Å²) >= 11 is 0. The maximum absolute atomic E-state index is 11.9. The highest BCUT2D eigenvalue weighted by Gasteiger charge is 2.16. The van der Waals surface area contributed by atoms with Gasteiger partial charge in [-0.15, -0.1) is 0 Å². The molecule has 1 aromatic rings. The summed E-state index contributed by atoms with van der Waals surface area (Å²) < 4.78 is 26.3. The van der Waals surface area contributed by atoms with Crippen molar-refractivity contribution in [2.75, 3.05) is 6.54 Å². The van der Waals surface area contributed by atoms with Crippen molar-refractivity contribution in [3.63, 3.8) is 0 Å². The van der Waals surface area contributed by atoms with Crippen molar-refractivity contribution in [2.45, 2.75) is 31.7 Å². The highest BCUT2D eigenvalue weighted by molar-refractivity contribution is 7.89. The largest absolute Gasteiger partial charge is 0.329 e. The van der Waals surface area contributed by atoms with Gasteiger partial charge in [0.2, 0.25) is 10.0 Å². The molecule has 0 saturated carbocycles. The Morgan fingerprint density at radius 3 is 2.44 bits per heavy atom. The van der Waals surface area contributed by atoms with Gasteiger partial charge >= 0.3 is 0 Å². The summed E-state index contributed by atoms with van der Waals surface area (Å²) in [7, 11) is -3.44. The molecule has 0 aliphatic heterocycles. The van der Waals surface area contributed by atoms with E-state index in [1.165, 1.54) is 0 Å². The van der Waals surface area contributed by atoms with Gasteiger partial charge < -0.3 is 5.73 Å². The molecule has 5 heteroatoms. The van der Waals surface area contributed by atoms with Gasteiger partial charge in [-0.05, 0) is 44.0 Å². The van der Waals surface area contributed by atoms with Gasteiger partial charge in [0.25, 0.3) is 0 Å². The number of aryl methyl sites for hydroxylation is 2. The quantitative estimate of drug-likeness (QED) is 0.825. The van der Waals surface area contributed by atoms with Crippen LogP contribution in [0.1, 0.15) is 18.1 Å². The van der Waals surface area contributed by atoms with Crippen molar-refractivity contribution in [3.8, 4) is 0 Å². The van der Waals surface area contributed by atoms with Crippen LogP contribution in [-0.2, 0) is 10.0 Å². The Bertz CT molecular complexity index is 469. The summed E-state index contributed by atoms with van der Waals surface area (Å²) in [6, 6.07) is 4.82. The first kappa shape index (κ1) is 13.2. The molecule has 1 rings (SSSR count). The number of nitrogens with two attached hydrogens (primary N) is 1. The van der Waals surface area contributed by atoms with Crippen LogP contribution >= 0.6 is 0 Å². The molecule has 0 unspecified atom stereocenters. The van der Waals surface area contributed by atoms with Gasteiger partial charge in [-0.2, -0.15) is 0 Å². The lowest BCUT2D eigenvalue weighted by molar-refractivity contribution is 0.562. The summed E-state index contributed by atoms with van der Waals surface area (Å²) in [5.74, 6) is 0. The molecule has 0 fully saturated rings. The fourth-order valence-electron chi connectivity index (χ4n) is 1.26. The van der Waals surface area contributed by atoms with Crippen LogP contribution in [0, 0.1) is 13.8 Å².